The van der Waals surface area contributed by atoms with Crippen LogP contribution >= 0.6 is 0 Å². The van der Waals surface area contributed by atoms with Gasteiger partial charge in [-0.15, -0.1) is 0 Å². The van der Waals surface area contributed by atoms with Crippen LogP contribution in [0.2, 0.25) is 0 Å². The molecule has 0 bridgehead atoms. The highest BCUT2D eigenvalue weighted by molar-refractivity contribution is 5.92. The highest BCUT2D eigenvalue weighted by atomic mass is 16.5. The van der Waals surface area contributed by atoms with Crippen LogP contribution in [0.3, 0.4) is 0 Å². The summed E-state index contributed by atoms with van der Waals surface area (Å²) in [6.45, 7) is 5.15. The summed E-state index contributed by atoms with van der Waals surface area (Å²) in [6.07, 6.45) is 0. The van der Waals surface area contributed by atoms with Crippen molar-refractivity contribution >= 4 is 11.6 Å². The Hall–Kier alpha value is -1.59. The van der Waals surface area contributed by atoms with Crippen molar-refractivity contribution in [2.24, 2.45) is 11.7 Å². The SMILES string of the molecule is CC(N)C(C)C(=O)Nc1ccc(OCCN(C)C)cc1. The van der Waals surface area contributed by atoms with E-state index < -0.39 is 0 Å². The van der Waals surface area contributed by atoms with Gasteiger partial charge in [0.2, 0.25) is 5.91 Å². The van der Waals surface area contributed by atoms with Gasteiger partial charge in [0.25, 0.3) is 0 Å². The van der Waals surface area contributed by atoms with Crippen LogP contribution in [0, 0.1) is 5.92 Å². The molecule has 1 aromatic rings. The Morgan fingerprint density at radius 3 is 2.40 bits per heavy atom. The minimum Gasteiger partial charge on any atom is -0.492 e. The Labute approximate surface area is 121 Å². The Morgan fingerprint density at radius 1 is 1.30 bits per heavy atom. The molecule has 0 aliphatic carbocycles. The number of rotatable bonds is 7. The van der Waals surface area contributed by atoms with Crippen LogP contribution in [0.1, 0.15) is 13.8 Å². The van der Waals surface area contributed by atoms with Crippen molar-refractivity contribution in [1.82, 2.24) is 4.90 Å². The van der Waals surface area contributed by atoms with E-state index in [9.17, 15) is 4.79 Å². The molecule has 0 spiro atoms. The lowest BCUT2D eigenvalue weighted by Crippen LogP contribution is -2.34. The molecule has 3 N–H and O–H groups in total. The first-order valence-corrected chi connectivity index (χ1v) is 6.84. The van der Waals surface area contributed by atoms with Crippen LogP contribution in [0.5, 0.6) is 5.75 Å². The maximum atomic E-state index is 11.9. The summed E-state index contributed by atoms with van der Waals surface area (Å²) in [5, 5.41) is 2.84. The van der Waals surface area contributed by atoms with E-state index in [1.807, 2.05) is 52.2 Å². The fraction of sp³-hybridized carbons (Fsp3) is 0.533. The van der Waals surface area contributed by atoms with Gasteiger partial charge in [-0.25, -0.2) is 0 Å². The zero-order valence-corrected chi connectivity index (χ0v) is 12.7. The molecule has 1 aromatic carbocycles. The Bertz CT molecular complexity index is 416. The number of nitrogens with zero attached hydrogens (tertiary/aromatic N) is 1. The molecule has 0 aliphatic rings. The van der Waals surface area contributed by atoms with Gasteiger partial charge in [0.1, 0.15) is 12.4 Å². The van der Waals surface area contributed by atoms with Gasteiger partial charge in [-0.05, 0) is 45.3 Å². The number of hydrogen-bond acceptors (Lipinski definition) is 4. The lowest BCUT2D eigenvalue weighted by Gasteiger charge is -2.15. The molecule has 0 aliphatic heterocycles. The molecule has 0 saturated carbocycles. The van der Waals surface area contributed by atoms with E-state index >= 15 is 0 Å². The molecule has 0 saturated heterocycles. The third-order valence-electron chi connectivity index (χ3n) is 3.13. The first kappa shape index (κ1) is 16.5. The number of amides is 1. The van der Waals surface area contributed by atoms with Crippen molar-refractivity contribution in [3.05, 3.63) is 24.3 Å². The van der Waals surface area contributed by atoms with Gasteiger partial charge >= 0.3 is 0 Å². The Kier molecular flexibility index (Phi) is 6.48. The van der Waals surface area contributed by atoms with Gasteiger partial charge in [-0.1, -0.05) is 6.92 Å². The standard InChI is InChI=1S/C15H25N3O2/c1-11(12(2)16)15(19)17-13-5-7-14(8-6-13)20-10-9-18(3)4/h5-8,11-12H,9-10,16H2,1-4H3,(H,17,19). The Balaban J connectivity index is 2.48. The molecule has 20 heavy (non-hydrogen) atoms. The lowest BCUT2D eigenvalue weighted by atomic mass is 10.0. The number of hydrogen-bond donors (Lipinski definition) is 2. The van der Waals surface area contributed by atoms with Crippen LogP contribution in [-0.2, 0) is 4.79 Å². The smallest absolute Gasteiger partial charge is 0.228 e. The second-order valence-electron chi connectivity index (χ2n) is 5.31. The number of likely N-dealkylation sites (N-methyl/N-ethyl adjacent to an activating group) is 1. The Morgan fingerprint density at radius 2 is 1.90 bits per heavy atom. The number of carbonyl (C=O) groups is 1. The molecule has 2 atom stereocenters. The van der Waals surface area contributed by atoms with E-state index in [1.165, 1.54) is 0 Å². The molecule has 5 heteroatoms. The largest absolute Gasteiger partial charge is 0.492 e. The summed E-state index contributed by atoms with van der Waals surface area (Å²) in [5.74, 6) is 0.511. The topological polar surface area (TPSA) is 67.6 Å². The van der Waals surface area contributed by atoms with E-state index in [0.29, 0.717) is 6.61 Å². The van der Waals surface area contributed by atoms with Crippen molar-refractivity contribution in [2.45, 2.75) is 19.9 Å². The van der Waals surface area contributed by atoms with Crippen molar-refractivity contribution in [3.8, 4) is 5.75 Å². The molecule has 112 valence electrons. The quantitative estimate of drug-likeness (QED) is 0.794. The number of ether oxygens (including phenoxy) is 1. The molecule has 2 unspecified atom stereocenters. The fourth-order valence-corrected chi connectivity index (χ4v) is 1.48. The maximum Gasteiger partial charge on any atom is 0.228 e. The van der Waals surface area contributed by atoms with Crippen LogP contribution in [0.4, 0.5) is 5.69 Å². The third-order valence-corrected chi connectivity index (χ3v) is 3.13. The highest BCUT2D eigenvalue weighted by Gasteiger charge is 2.16. The average Bonchev–Trinajstić information content (AvgIpc) is 2.39. The average molecular weight is 279 g/mol. The molecular weight excluding hydrogens is 254 g/mol. The van der Waals surface area contributed by atoms with Crippen LogP contribution < -0.4 is 15.8 Å². The monoisotopic (exact) mass is 279 g/mol. The predicted octanol–water partition coefficient (Wildman–Crippen LogP) is 1.55. The molecule has 0 aromatic heterocycles. The molecule has 1 rings (SSSR count). The second kappa shape index (κ2) is 7.87. The summed E-state index contributed by atoms with van der Waals surface area (Å²) in [6, 6.07) is 7.20. The van der Waals surface area contributed by atoms with Crippen LogP contribution in [-0.4, -0.2) is 44.1 Å². The number of carbonyl (C=O) groups excluding carboxylic acids is 1. The van der Waals surface area contributed by atoms with Crippen LogP contribution in [0.25, 0.3) is 0 Å². The van der Waals surface area contributed by atoms with Gasteiger partial charge in [0, 0.05) is 18.3 Å². The van der Waals surface area contributed by atoms with Gasteiger partial charge in [-0.3, -0.25) is 4.79 Å². The fourth-order valence-electron chi connectivity index (χ4n) is 1.48. The number of nitrogens with one attached hydrogen (secondary N) is 1. The second-order valence-corrected chi connectivity index (χ2v) is 5.31. The first-order valence-electron chi connectivity index (χ1n) is 6.84. The molecule has 0 heterocycles. The molecule has 5 nitrogen and oxygen atoms in total. The van der Waals surface area contributed by atoms with Crippen LogP contribution in [0.15, 0.2) is 24.3 Å². The van der Waals surface area contributed by atoms with E-state index in [4.69, 9.17) is 10.5 Å². The summed E-state index contributed by atoms with van der Waals surface area (Å²) in [5.41, 5.74) is 6.46. The van der Waals surface area contributed by atoms with Crippen molar-refractivity contribution < 1.29 is 9.53 Å². The minimum atomic E-state index is -0.217. The summed E-state index contributed by atoms with van der Waals surface area (Å²) >= 11 is 0. The zero-order chi connectivity index (χ0) is 15.1. The lowest BCUT2D eigenvalue weighted by molar-refractivity contribution is -0.119. The van der Waals surface area contributed by atoms with Gasteiger partial charge in [0.05, 0.1) is 5.92 Å². The number of nitrogens with two attached hydrogens (primary N) is 1. The van der Waals surface area contributed by atoms with Gasteiger partial charge in [-0.2, -0.15) is 0 Å². The van der Waals surface area contributed by atoms with Gasteiger partial charge in [0.15, 0.2) is 0 Å². The summed E-state index contributed by atoms with van der Waals surface area (Å²) in [7, 11) is 4.00. The van der Waals surface area contributed by atoms with Crippen molar-refractivity contribution in [3.63, 3.8) is 0 Å². The van der Waals surface area contributed by atoms with Crippen molar-refractivity contribution in [1.29, 1.82) is 0 Å². The first-order chi connectivity index (χ1) is 9.40. The predicted molar refractivity (Wildman–Crippen MR) is 81.9 cm³/mol. The molecule has 1 amide bonds. The van der Waals surface area contributed by atoms with E-state index in [2.05, 4.69) is 10.2 Å². The normalized spacial score (nSPS) is 13.9. The minimum absolute atomic E-state index is 0.0683. The number of anilines is 1. The highest BCUT2D eigenvalue weighted by Crippen LogP contribution is 2.16. The van der Waals surface area contributed by atoms with Crippen molar-refractivity contribution in [2.75, 3.05) is 32.6 Å². The molecule has 0 fully saturated rings. The summed E-state index contributed by atoms with van der Waals surface area (Å²) in [4.78, 5) is 13.9. The van der Waals surface area contributed by atoms with E-state index in [1.54, 1.807) is 0 Å². The van der Waals surface area contributed by atoms with E-state index in [0.717, 1.165) is 18.0 Å². The number of benzene rings is 1. The van der Waals surface area contributed by atoms with Gasteiger partial charge < -0.3 is 20.7 Å². The van der Waals surface area contributed by atoms with E-state index in [-0.39, 0.29) is 17.9 Å². The molecule has 0 radical (unpaired) electrons. The molecular formula is C15H25N3O2. The third kappa shape index (κ3) is 5.59. The summed E-state index contributed by atoms with van der Waals surface area (Å²) < 4.78 is 5.59. The zero-order valence-electron chi connectivity index (χ0n) is 12.7. The maximum absolute atomic E-state index is 11.9.